The predicted octanol–water partition coefficient (Wildman–Crippen LogP) is 0.192. The molecule has 2 heterocycles. The number of nitriles is 1. The van der Waals surface area contributed by atoms with Crippen molar-refractivity contribution in [2.75, 3.05) is 6.61 Å². The van der Waals surface area contributed by atoms with Crippen molar-refractivity contribution >= 4 is 12.4 Å². The Balaban J connectivity index is 0.000000500. The average molecular weight is 161 g/mol. The molecular weight excluding hydrogens is 152 g/mol. The van der Waals surface area contributed by atoms with Crippen LogP contribution in [0.2, 0.25) is 0 Å². The molecule has 0 unspecified atom stereocenters. The van der Waals surface area contributed by atoms with E-state index in [4.69, 9.17) is 15.7 Å². The van der Waals surface area contributed by atoms with Crippen molar-refractivity contribution in [1.29, 1.82) is 5.26 Å². The quantitative estimate of drug-likeness (QED) is 0.551. The molecule has 2 N–H and O–H groups in total. The van der Waals surface area contributed by atoms with Crippen LogP contribution in [0.4, 0.5) is 0 Å². The Labute approximate surface area is 65.6 Å². The Morgan fingerprint density at radius 3 is 2.30 bits per heavy atom. The third kappa shape index (κ3) is 0.734. The van der Waals surface area contributed by atoms with Crippen LogP contribution in [0.15, 0.2) is 0 Å². The normalized spacial score (nSPS) is 48.8. The van der Waals surface area contributed by atoms with Crippen LogP contribution in [0.25, 0.3) is 0 Å². The van der Waals surface area contributed by atoms with Crippen LogP contribution < -0.4 is 5.73 Å². The molecule has 2 aliphatic heterocycles. The summed E-state index contributed by atoms with van der Waals surface area (Å²) in [7, 11) is 0. The molecule has 4 heteroatoms. The Bertz CT molecular complexity index is 192. The molecule has 1 aliphatic carbocycles. The third-order valence-electron chi connectivity index (χ3n) is 2.11. The molecule has 0 aromatic heterocycles. The summed E-state index contributed by atoms with van der Waals surface area (Å²) in [6, 6.07) is 2.13. The molecule has 0 aromatic carbocycles. The van der Waals surface area contributed by atoms with Gasteiger partial charge in [-0.25, -0.2) is 0 Å². The first-order valence-electron chi connectivity index (χ1n) is 3.02. The average Bonchev–Trinajstić information content (AvgIpc) is 2.20. The predicted molar refractivity (Wildman–Crippen MR) is 37.7 cm³/mol. The number of nitrogens with two attached hydrogens (primary N) is 1. The standard InChI is InChI=1S/C6H8N2O.ClH/c7-3-6-1-5(8,2-6)4-9-6;/h1-2,4,8H2;1H. The fraction of sp³-hybridized carbons (Fsp3) is 0.833. The van der Waals surface area contributed by atoms with E-state index >= 15 is 0 Å². The maximum Gasteiger partial charge on any atom is 0.157 e. The second-order valence-corrected chi connectivity index (χ2v) is 3.11. The first-order valence-corrected chi connectivity index (χ1v) is 3.02. The van der Waals surface area contributed by atoms with E-state index in [2.05, 4.69) is 6.07 Å². The highest BCUT2D eigenvalue weighted by molar-refractivity contribution is 5.85. The molecule has 3 fully saturated rings. The van der Waals surface area contributed by atoms with E-state index in [0.29, 0.717) is 6.61 Å². The van der Waals surface area contributed by atoms with Crippen LogP contribution in [0.3, 0.4) is 0 Å². The van der Waals surface area contributed by atoms with E-state index in [1.54, 1.807) is 0 Å². The zero-order valence-corrected chi connectivity index (χ0v) is 6.28. The molecule has 0 radical (unpaired) electrons. The van der Waals surface area contributed by atoms with Gasteiger partial charge in [-0.2, -0.15) is 5.26 Å². The molecular formula is C6H9ClN2O. The van der Waals surface area contributed by atoms with Crippen molar-refractivity contribution in [2.45, 2.75) is 24.0 Å². The van der Waals surface area contributed by atoms with Crippen molar-refractivity contribution in [3.8, 4) is 6.07 Å². The minimum absolute atomic E-state index is 0. The first-order chi connectivity index (χ1) is 4.18. The number of halogens is 1. The number of ether oxygens (including phenoxy) is 1. The number of fused-ring (bicyclic) bond motifs is 1. The summed E-state index contributed by atoms with van der Waals surface area (Å²) in [5, 5.41) is 8.55. The van der Waals surface area contributed by atoms with Crippen LogP contribution in [0.5, 0.6) is 0 Å². The maximum atomic E-state index is 8.55. The molecule has 2 saturated heterocycles. The maximum absolute atomic E-state index is 8.55. The molecule has 3 nitrogen and oxygen atoms in total. The van der Waals surface area contributed by atoms with Gasteiger partial charge in [-0.05, 0) is 0 Å². The summed E-state index contributed by atoms with van der Waals surface area (Å²) in [5.41, 5.74) is 5.11. The van der Waals surface area contributed by atoms with Gasteiger partial charge < -0.3 is 10.5 Å². The molecule has 0 amide bonds. The molecule has 3 rings (SSSR count). The molecule has 0 aromatic rings. The lowest BCUT2D eigenvalue weighted by molar-refractivity contribution is 0.0531. The van der Waals surface area contributed by atoms with Gasteiger partial charge >= 0.3 is 0 Å². The van der Waals surface area contributed by atoms with Crippen molar-refractivity contribution in [3.05, 3.63) is 0 Å². The second kappa shape index (κ2) is 1.85. The summed E-state index contributed by atoms with van der Waals surface area (Å²) in [5.74, 6) is 0. The molecule has 1 saturated carbocycles. The van der Waals surface area contributed by atoms with E-state index in [9.17, 15) is 0 Å². The number of hydrogen-bond acceptors (Lipinski definition) is 3. The van der Waals surface area contributed by atoms with E-state index < -0.39 is 5.60 Å². The Morgan fingerprint density at radius 2 is 2.10 bits per heavy atom. The SMILES string of the molecule is Cl.N#CC12CC(N)(CO1)C2. The lowest BCUT2D eigenvalue weighted by Crippen LogP contribution is -2.54. The fourth-order valence-electron chi connectivity index (χ4n) is 1.68. The first kappa shape index (κ1) is 7.80. The monoisotopic (exact) mass is 160 g/mol. The Hall–Kier alpha value is -0.300. The second-order valence-electron chi connectivity index (χ2n) is 3.11. The summed E-state index contributed by atoms with van der Waals surface area (Å²) in [6.45, 7) is 0.570. The van der Waals surface area contributed by atoms with Gasteiger partial charge in [0.15, 0.2) is 5.60 Å². The number of nitrogens with zero attached hydrogens (tertiary/aromatic N) is 1. The highest BCUT2D eigenvalue weighted by Crippen LogP contribution is 2.49. The van der Waals surface area contributed by atoms with Gasteiger partial charge in [-0.15, -0.1) is 12.4 Å². The molecule has 2 bridgehead atoms. The molecule has 0 atom stereocenters. The minimum atomic E-state index is -0.477. The lowest BCUT2D eigenvalue weighted by Gasteiger charge is -2.36. The van der Waals surface area contributed by atoms with Crippen molar-refractivity contribution < 1.29 is 4.74 Å². The van der Waals surface area contributed by atoms with Gasteiger partial charge in [0.2, 0.25) is 0 Å². The zero-order chi connectivity index (χ0) is 6.54. The van der Waals surface area contributed by atoms with E-state index in [0.717, 1.165) is 12.8 Å². The van der Waals surface area contributed by atoms with Gasteiger partial charge in [0.05, 0.1) is 12.7 Å². The fourth-order valence-corrected chi connectivity index (χ4v) is 1.68. The molecule has 56 valence electrons. The lowest BCUT2D eigenvalue weighted by atomic mass is 9.70. The van der Waals surface area contributed by atoms with Crippen LogP contribution in [0.1, 0.15) is 12.8 Å². The Morgan fingerprint density at radius 1 is 1.50 bits per heavy atom. The molecule has 10 heavy (non-hydrogen) atoms. The summed E-state index contributed by atoms with van der Waals surface area (Å²) in [4.78, 5) is 0. The van der Waals surface area contributed by atoms with Crippen molar-refractivity contribution in [2.24, 2.45) is 5.73 Å². The van der Waals surface area contributed by atoms with Gasteiger partial charge in [0, 0.05) is 18.4 Å². The van der Waals surface area contributed by atoms with Gasteiger partial charge in [0.1, 0.15) is 0 Å². The highest BCUT2D eigenvalue weighted by Gasteiger charge is 2.61. The van der Waals surface area contributed by atoms with E-state index in [1.807, 2.05) is 0 Å². The number of hydrogen-bond donors (Lipinski definition) is 1. The zero-order valence-electron chi connectivity index (χ0n) is 5.46. The van der Waals surface area contributed by atoms with Crippen molar-refractivity contribution in [3.63, 3.8) is 0 Å². The van der Waals surface area contributed by atoms with Gasteiger partial charge in [-0.1, -0.05) is 0 Å². The van der Waals surface area contributed by atoms with Crippen LogP contribution in [-0.4, -0.2) is 17.7 Å². The van der Waals surface area contributed by atoms with Crippen LogP contribution >= 0.6 is 12.4 Å². The third-order valence-corrected chi connectivity index (χ3v) is 2.11. The van der Waals surface area contributed by atoms with Crippen LogP contribution in [0, 0.1) is 11.3 Å². The highest BCUT2D eigenvalue weighted by atomic mass is 35.5. The Kier molecular flexibility index (Phi) is 1.44. The van der Waals surface area contributed by atoms with Gasteiger partial charge in [0.25, 0.3) is 0 Å². The van der Waals surface area contributed by atoms with Gasteiger partial charge in [-0.3, -0.25) is 0 Å². The summed E-state index contributed by atoms with van der Waals surface area (Å²) in [6.07, 6.45) is 1.47. The van der Waals surface area contributed by atoms with E-state index in [-0.39, 0.29) is 17.9 Å². The minimum Gasteiger partial charge on any atom is -0.358 e. The van der Waals surface area contributed by atoms with Crippen LogP contribution in [-0.2, 0) is 4.74 Å². The summed E-state index contributed by atoms with van der Waals surface area (Å²) < 4.78 is 5.18. The summed E-state index contributed by atoms with van der Waals surface area (Å²) >= 11 is 0. The smallest absolute Gasteiger partial charge is 0.157 e. The molecule has 0 spiro atoms. The largest absolute Gasteiger partial charge is 0.358 e. The molecule has 3 aliphatic rings. The van der Waals surface area contributed by atoms with E-state index in [1.165, 1.54) is 0 Å². The number of rotatable bonds is 0. The topological polar surface area (TPSA) is 59.0 Å². The van der Waals surface area contributed by atoms with Crippen molar-refractivity contribution in [1.82, 2.24) is 0 Å².